The van der Waals surface area contributed by atoms with Crippen molar-refractivity contribution >= 4 is 11.5 Å². The Hall–Kier alpha value is -1.69. The fourth-order valence-electron chi connectivity index (χ4n) is 1.57. The Labute approximate surface area is 86.6 Å². The molecule has 0 spiro atoms. The highest BCUT2D eigenvalue weighted by molar-refractivity contribution is 5.41. The van der Waals surface area contributed by atoms with E-state index in [1.807, 2.05) is 0 Å². The number of rotatable bonds is 3. The van der Waals surface area contributed by atoms with Gasteiger partial charge in [0.25, 0.3) is 5.69 Å². The zero-order valence-electron chi connectivity index (χ0n) is 8.09. The molecule has 0 saturated heterocycles. The number of nitro groups is 1. The Morgan fingerprint density at radius 2 is 2.27 bits per heavy atom. The molecule has 1 saturated carbocycles. The second kappa shape index (κ2) is 3.82. The van der Waals surface area contributed by atoms with Crippen LogP contribution < -0.4 is 11.1 Å². The molecule has 0 bridgehead atoms. The summed E-state index contributed by atoms with van der Waals surface area (Å²) in [6.45, 7) is 0. The summed E-state index contributed by atoms with van der Waals surface area (Å²) in [6.07, 6.45) is 3.11. The van der Waals surface area contributed by atoms with Gasteiger partial charge in [-0.05, 0) is 18.9 Å². The van der Waals surface area contributed by atoms with Crippen LogP contribution in [0.25, 0.3) is 0 Å². The van der Waals surface area contributed by atoms with Crippen LogP contribution >= 0.6 is 0 Å². The van der Waals surface area contributed by atoms with Gasteiger partial charge in [-0.2, -0.15) is 0 Å². The zero-order valence-corrected chi connectivity index (χ0v) is 8.09. The zero-order chi connectivity index (χ0) is 10.8. The van der Waals surface area contributed by atoms with Crippen LogP contribution in [-0.2, 0) is 0 Å². The van der Waals surface area contributed by atoms with Crippen LogP contribution in [-0.4, -0.2) is 22.0 Å². The molecule has 1 heterocycles. The van der Waals surface area contributed by atoms with Crippen molar-refractivity contribution in [3.63, 3.8) is 0 Å². The number of nitrogens with two attached hydrogens (primary N) is 1. The highest BCUT2D eigenvalue weighted by Gasteiger charge is 2.25. The van der Waals surface area contributed by atoms with E-state index < -0.39 is 4.92 Å². The van der Waals surface area contributed by atoms with Gasteiger partial charge >= 0.3 is 0 Å². The molecular weight excluding hydrogens is 196 g/mol. The van der Waals surface area contributed by atoms with Crippen LogP contribution in [0.15, 0.2) is 18.3 Å². The molecule has 1 aliphatic carbocycles. The molecule has 0 radical (unpaired) electrons. The second-order valence-corrected chi connectivity index (χ2v) is 3.73. The van der Waals surface area contributed by atoms with Gasteiger partial charge in [-0.3, -0.25) is 10.1 Å². The van der Waals surface area contributed by atoms with Gasteiger partial charge in [-0.25, -0.2) is 4.98 Å². The van der Waals surface area contributed by atoms with Gasteiger partial charge in [0.05, 0.1) is 4.92 Å². The third kappa shape index (κ3) is 2.21. The molecule has 1 aromatic heterocycles. The molecule has 1 fully saturated rings. The third-order valence-electron chi connectivity index (χ3n) is 2.49. The Kier molecular flexibility index (Phi) is 2.51. The summed E-state index contributed by atoms with van der Waals surface area (Å²) in [5.41, 5.74) is 5.64. The summed E-state index contributed by atoms with van der Waals surface area (Å²) in [7, 11) is 0. The van der Waals surface area contributed by atoms with Crippen LogP contribution in [0.5, 0.6) is 0 Å². The molecule has 1 aromatic rings. The molecule has 3 N–H and O–H groups in total. The van der Waals surface area contributed by atoms with Gasteiger partial charge in [0, 0.05) is 18.2 Å². The van der Waals surface area contributed by atoms with Crippen molar-refractivity contribution in [3.8, 4) is 0 Å². The lowest BCUT2D eigenvalue weighted by Gasteiger charge is -2.33. The molecule has 15 heavy (non-hydrogen) atoms. The number of hydrogen-bond acceptors (Lipinski definition) is 5. The first-order valence-electron chi connectivity index (χ1n) is 4.77. The Balaban J connectivity index is 1.95. The Bertz CT molecular complexity index is 359. The molecule has 0 amide bonds. The topological polar surface area (TPSA) is 94.1 Å². The highest BCUT2D eigenvalue weighted by Crippen LogP contribution is 2.22. The molecule has 1 aliphatic rings. The van der Waals surface area contributed by atoms with E-state index in [2.05, 4.69) is 10.3 Å². The summed E-state index contributed by atoms with van der Waals surface area (Å²) in [6, 6.07) is 3.69. The van der Waals surface area contributed by atoms with Crippen molar-refractivity contribution < 1.29 is 4.92 Å². The van der Waals surface area contributed by atoms with Crippen molar-refractivity contribution in [1.82, 2.24) is 4.98 Å². The van der Waals surface area contributed by atoms with Crippen molar-refractivity contribution in [2.45, 2.75) is 24.9 Å². The fourth-order valence-corrected chi connectivity index (χ4v) is 1.57. The Morgan fingerprint density at radius 3 is 2.73 bits per heavy atom. The van der Waals surface area contributed by atoms with Crippen LogP contribution in [0.1, 0.15) is 12.8 Å². The smallest absolute Gasteiger partial charge is 0.287 e. The van der Waals surface area contributed by atoms with Crippen molar-refractivity contribution in [2.75, 3.05) is 5.32 Å². The highest BCUT2D eigenvalue weighted by atomic mass is 16.6. The van der Waals surface area contributed by atoms with Crippen molar-refractivity contribution in [3.05, 3.63) is 28.4 Å². The summed E-state index contributed by atoms with van der Waals surface area (Å²) < 4.78 is 0. The fraction of sp³-hybridized carbons (Fsp3) is 0.444. The lowest BCUT2D eigenvalue weighted by molar-refractivity contribution is -0.385. The third-order valence-corrected chi connectivity index (χ3v) is 2.49. The predicted octanol–water partition coefficient (Wildman–Crippen LogP) is 0.891. The normalized spacial score (nSPS) is 24.3. The van der Waals surface area contributed by atoms with E-state index in [0.29, 0.717) is 11.9 Å². The largest absolute Gasteiger partial charge is 0.367 e. The van der Waals surface area contributed by atoms with Gasteiger partial charge in [0.1, 0.15) is 12.0 Å². The van der Waals surface area contributed by atoms with Crippen LogP contribution in [0.3, 0.4) is 0 Å². The number of nitrogens with one attached hydrogen (secondary N) is 1. The molecule has 2 rings (SSSR count). The van der Waals surface area contributed by atoms with Gasteiger partial charge < -0.3 is 11.1 Å². The maximum absolute atomic E-state index is 10.4. The number of nitrogens with zero attached hydrogens (tertiary/aromatic N) is 2. The second-order valence-electron chi connectivity index (χ2n) is 3.73. The molecule has 80 valence electrons. The number of hydrogen-bond donors (Lipinski definition) is 2. The summed E-state index contributed by atoms with van der Waals surface area (Å²) >= 11 is 0. The van der Waals surface area contributed by atoms with Crippen LogP contribution in [0.2, 0.25) is 0 Å². The first kappa shape index (κ1) is 9.85. The predicted molar refractivity (Wildman–Crippen MR) is 55.5 cm³/mol. The van der Waals surface area contributed by atoms with Gasteiger partial charge in [0.2, 0.25) is 0 Å². The summed E-state index contributed by atoms with van der Waals surface area (Å²) in [4.78, 5) is 13.9. The average Bonchev–Trinajstić information content (AvgIpc) is 2.16. The molecule has 0 aliphatic heterocycles. The summed E-state index contributed by atoms with van der Waals surface area (Å²) in [5.74, 6) is 0.664. The minimum Gasteiger partial charge on any atom is -0.367 e. The standard InChI is InChI=1S/C9H12N4O2/c10-6-3-7(4-6)12-9-2-1-8(5-11-9)13(14)15/h1-2,5-7H,3-4,10H2,(H,11,12). The van der Waals surface area contributed by atoms with Gasteiger partial charge in [0.15, 0.2) is 0 Å². The van der Waals surface area contributed by atoms with E-state index in [4.69, 9.17) is 5.73 Å². The lowest BCUT2D eigenvalue weighted by Crippen LogP contribution is -2.44. The first-order chi connectivity index (χ1) is 7.15. The lowest BCUT2D eigenvalue weighted by atomic mass is 9.88. The molecule has 0 atom stereocenters. The van der Waals surface area contributed by atoms with Crippen LogP contribution in [0.4, 0.5) is 11.5 Å². The molecule has 6 nitrogen and oxygen atoms in total. The van der Waals surface area contributed by atoms with Gasteiger partial charge in [-0.1, -0.05) is 0 Å². The number of pyridine rings is 1. The van der Waals surface area contributed by atoms with Crippen molar-refractivity contribution in [1.29, 1.82) is 0 Å². The van der Waals surface area contributed by atoms with E-state index in [1.54, 1.807) is 6.07 Å². The minimum absolute atomic E-state index is 0.00543. The summed E-state index contributed by atoms with van der Waals surface area (Å²) in [5, 5.41) is 13.5. The van der Waals surface area contributed by atoms with Crippen molar-refractivity contribution in [2.24, 2.45) is 5.73 Å². The van der Waals surface area contributed by atoms with E-state index in [9.17, 15) is 10.1 Å². The van der Waals surface area contributed by atoms with E-state index in [-0.39, 0.29) is 11.7 Å². The molecule has 0 aromatic carbocycles. The molecule has 0 unspecified atom stereocenters. The van der Waals surface area contributed by atoms with E-state index in [1.165, 1.54) is 12.3 Å². The Morgan fingerprint density at radius 1 is 1.53 bits per heavy atom. The maximum atomic E-state index is 10.4. The SMILES string of the molecule is NC1CC(Nc2ccc([N+](=O)[O-])cn2)C1. The monoisotopic (exact) mass is 208 g/mol. The molecule has 6 heteroatoms. The first-order valence-corrected chi connectivity index (χ1v) is 4.77. The quantitative estimate of drug-likeness (QED) is 0.568. The number of aromatic nitrogens is 1. The maximum Gasteiger partial charge on any atom is 0.287 e. The van der Waals surface area contributed by atoms with Gasteiger partial charge in [-0.15, -0.1) is 0 Å². The number of anilines is 1. The van der Waals surface area contributed by atoms with E-state index in [0.717, 1.165) is 12.8 Å². The minimum atomic E-state index is -0.462. The van der Waals surface area contributed by atoms with Crippen LogP contribution in [0, 0.1) is 10.1 Å². The van der Waals surface area contributed by atoms with E-state index >= 15 is 0 Å². The molecular formula is C9H12N4O2. The average molecular weight is 208 g/mol.